The van der Waals surface area contributed by atoms with E-state index in [9.17, 15) is 4.79 Å². The van der Waals surface area contributed by atoms with Crippen molar-refractivity contribution >= 4 is 23.2 Å². The van der Waals surface area contributed by atoms with E-state index >= 15 is 0 Å². The number of nitrogens with one attached hydrogen (secondary N) is 1. The first-order valence-corrected chi connectivity index (χ1v) is 9.80. The Bertz CT molecular complexity index is 845. The number of halogens is 1. The monoisotopic (exact) mass is 370 g/mol. The molecule has 2 unspecified atom stereocenters. The number of aromatic nitrogens is 3. The summed E-state index contributed by atoms with van der Waals surface area (Å²) < 4.78 is 1.96. The molecule has 4 fully saturated rings. The summed E-state index contributed by atoms with van der Waals surface area (Å²) in [6, 6.07) is 8.05. The van der Waals surface area contributed by atoms with Crippen molar-refractivity contribution in [1.82, 2.24) is 14.8 Å². The Kier molecular flexibility index (Phi) is 3.48. The van der Waals surface area contributed by atoms with Gasteiger partial charge < -0.3 is 5.32 Å². The van der Waals surface area contributed by atoms with Crippen molar-refractivity contribution in [2.45, 2.75) is 51.0 Å². The lowest BCUT2D eigenvalue weighted by molar-refractivity contribution is -0.150. The lowest BCUT2D eigenvalue weighted by Gasteiger charge is -2.60. The minimum Gasteiger partial charge on any atom is -0.326 e. The number of benzene rings is 1. The predicted octanol–water partition coefficient (Wildman–Crippen LogP) is 4.17. The molecule has 26 heavy (non-hydrogen) atoms. The van der Waals surface area contributed by atoms with Gasteiger partial charge in [0.15, 0.2) is 0 Å². The van der Waals surface area contributed by atoms with Gasteiger partial charge in [0.25, 0.3) is 0 Å². The van der Waals surface area contributed by atoms with Gasteiger partial charge in [0.2, 0.25) is 11.2 Å². The number of carbonyl (C=O) groups excluding carboxylic acids is 1. The summed E-state index contributed by atoms with van der Waals surface area (Å²) in [7, 11) is 0. The topological polar surface area (TPSA) is 59.8 Å². The zero-order chi connectivity index (χ0) is 17.9. The maximum Gasteiger partial charge on any atom is 0.242 e. The van der Waals surface area contributed by atoms with E-state index in [0.717, 1.165) is 37.8 Å². The third-order valence-corrected chi connectivity index (χ3v) is 6.94. The zero-order valence-electron chi connectivity index (χ0n) is 14.9. The molecule has 0 spiro atoms. The standard InChI is InChI=1S/C20H23ClN4O/c1-13-2-4-16(5-3-13)23-17(26)19-7-14-6-15(8-19)10-20(9-14,11-19)25-12-22-18(21)24-25/h2-5,12,14-15H,6-11H2,1H3,(H,23,26)/t14-,15+,19?,20?. The summed E-state index contributed by atoms with van der Waals surface area (Å²) in [6.07, 6.45) is 7.98. The van der Waals surface area contributed by atoms with Crippen LogP contribution < -0.4 is 5.32 Å². The number of hydrogen-bond donors (Lipinski definition) is 1. The zero-order valence-corrected chi connectivity index (χ0v) is 15.7. The molecule has 4 saturated carbocycles. The Morgan fingerprint density at radius 3 is 2.50 bits per heavy atom. The number of rotatable bonds is 3. The van der Waals surface area contributed by atoms with Crippen molar-refractivity contribution in [2.24, 2.45) is 17.3 Å². The molecule has 4 aliphatic carbocycles. The van der Waals surface area contributed by atoms with E-state index in [4.69, 9.17) is 11.6 Å². The van der Waals surface area contributed by atoms with E-state index in [1.54, 1.807) is 6.33 Å². The first kappa shape index (κ1) is 16.3. The highest BCUT2D eigenvalue weighted by Gasteiger charge is 2.61. The van der Waals surface area contributed by atoms with Crippen LogP contribution >= 0.6 is 11.6 Å². The Morgan fingerprint density at radius 2 is 1.88 bits per heavy atom. The van der Waals surface area contributed by atoms with E-state index in [2.05, 4.69) is 22.3 Å². The fourth-order valence-corrected chi connectivity index (χ4v) is 6.24. The van der Waals surface area contributed by atoms with E-state index < -0.39 is 0 Å². The summed E-state index contributed by atoms with van der Waals surface area (Å²) in [5.41, 5.74) is 1.68. The van der Waals surface area contributed by atoms with Crippen LogP contribution in [-0.2, 0) is 10.3 Å². The Balaban J connectivity index is 1.46. The molecular formula is C20H23ClN4O. The van der Waals surface area contributed by atoms with Crippen LogP contribution in [0.1, 0.15) is 44.1 Å². The van der Waals surface area contributed by atoms with E-state index in [1.165, 1.54) is 12.0 Å². The number of anilines is 1. The van der Waals surface area contributed by atoms with E-state index in [0.29, 0.717) is 17.1 Å². The summed E-state index contributed by atoms with van der Waals surface area (Å²) in [5.74, 6) is 1.34. The van der Waals surface area contributed by atoms with Crippen molar-refractivity contribution in [3.8, 4) is 0 Å². The molecule has 2 aromatic rings. The molecule has 6 heteroatoms. The van der Waals surface area contributed by atoms with Crippen molar-refractivity contribution in [1.29, 1.82) is 0 Å². The first-order valence-electron chi connectivity index (χ1n) is 9.42. The summed E-state index contributed by atoms with van der Waals surface area (Å²) in [6.45, 7) is 2.05. The lowest BCUT2D eigenvalue weighted by atomic mass is 9.46. The minimum atomic E-state index is -0.298. The molecule has 0 saturated heterocycles. The van der Waals surface area contributed by atoms with Gasteiger partial charge in [-0.15, -0.1) is 5.10 Å². The number of carbonyl (C=O) groups is 1. The number of aryl methyl sites for hydroxylation is 1. The van der Waals surface area contributed by atoms with Crippen molar-refractivity contribution in [3.05, 3.63) is 41.4 Å². The van der Waals surface area contributed by atoms with Crippen LogP contribution in [0, 0.1) is 24.2 Å². The average Bonchev–Trinajstić information content (AvgIpc) is 3.03. The molecule has 1 aromatic heterocycles. The third-order valence-electron chi connectivity index (χ3n) is 6.77. The summed E-state index contributed by atoms with van der Waals surface area (Å²) >= 11 is 6.00. The minimum absolute atomic E-state index is 0.102. The molecule has 5 nitrogen and oxygen atoms in total. The van der Waals surface area contributed by atoms with Crippen LogP contribution in [-0.4, -0.2) is 20.7 Å². The first-order chi connectivity index (χ1) is 12.5. The normalized spacial score (nSPS) is 34.8. The lowest BCUT2D eigenvalue weighted by Crippen LogP contribution is -2.60. The second-order valence-electron chi connectivity index (χ2n) is 8.74. The molecule has 1 N–H and O–H groups in total. The number of nitrogens with zero attached hydrogens (tertiary/aromatic N) is 3. The molecule has 4 bridgehead atoms. The van der Waals surface area contributed by atoms with Crippen LogP contribution in [0.2, 0.25) is 5.28 Å². The molecule has 1 aromatic carbocycles. The van der Waals surface area contributed by atoms with Crippen molar-refractivity contribution < 1.29 is 4.79 Å². The van der Waals surface area contributed by atoms with Gasteiger partial charge in [0.1, 0.15) is 6.33 Å². The van der Waals surface area contributed by atoms with Crippen LogP contribution in [0.4, 0.5) is 5.69 Å². The summed E-state index contributed by atoms with van der Waals surface area (Å²) in [5, 5.41) is 7.90. The maximum atomic E-state index is 13.3. The largest absolute Gasteiger partial charge is 0.326 e. The fourth-order valence-electron chi connectivity index (χ4n) is 6.12. The second-order valence-corrected chi connectivity index (χ2v) is 9.08. The Labute approximate surface area is 158 Å². The van der Waals surface area contributed by atoms with Gasteiger partial charge >= 0.3 is 0 Å². The maximum absolute atomic E-state index is 13.3. The van der Waals surface area contributed by atoms with Crippen LogP contribution in [0.15, 0.2) is 30.6 Å². The van der Waals surface area contributed by atoms with Crippen molar-refractivity contribution in [3.63, 3.8) is 0 Å². The average molecular weight is 371 g/mol. The van der Waals surface area contributed by atoms with Gasteiger partial charge in [0.05, 0.1) is 11.0 Å². The fraction of sp³-hybridized carbons (Fsp3) is 0.550. The van der Waals surface area contributed by atoms with Crippen molar-refractivity contribution in [2.75, 3.05) is 5.32 Å². The molecule has 4 atom stereocenters. The van der Waals surface area contributed by atoms with Gasteiger partial charge in [-0.3, -0.25) is 4.79 Å². The summed E-state index contributed by atoms with van der Waals surface area (Å²) in [4.78, 5) is 17.5. The van der Waals surface area contributed by atoms with Gasteiger partial charge in [0, 0.05) is 5.69 Å². The molecule has 136 valence electrons. The quantitative estimate of drug-likeness (QED) is 0.881. The molecular weight excluding hydrogens is 348 g/mol. The van der Waals surface area contributed by atoms with Gasteiger partial charge in [-0.05, 0) is 81.0 Å². The molecule has 1 amide bonds. The Morgan fingerprint density at radius 1 is 1.19 bits per heavy atom. The van der Waals surface area contributed by atoms with E-state index in [1.807, 2.05) is 28.9 Å². The highest BCUT2D eigenvalue weighted by molar-refractivity contribution is 6.28. The molecule has 6 rings (SSSR count). The number of amides is 1. The molecule has 1 heterocycles. The number of hydrogen-bond acceptors (Lipinski definition) is 3. The van der Waals surface area contributed by atoms with Crippen LogP contribution in [0.3, 0.4) is 0 Å². The highest BCUT2D eigenvalue weighted by atomic mass is 35.5. The smallest absolute Gasteiger partial charge is 0.242 e. The molecule has 0 radical (unpaired) electrons. The molecule has 0 aliphatic heterocycles. The molecule has 4 aliphatic rings. The van der Waals surface area contributed by atoms with Gasteiger partial charge in [-0.1, -0.05) is 17.7 Å². The van der Waals surface area contributed by atoms with Crippen LogP contribution in [0.25, 0.3) is 0 Å². The second kappa shape index (κ2) is 5.56. The Hall–Kier alpha value is -1.88. The van der Waals surface area contributed by atoms with Gasteiger partial charge in [-0.25, -0.2) is 9.67 Å². The highest BCUT2D eigenvalue weighted by Crippen LogP contribution is 2.64. The third kappa shape index (κ3) is 2.48. The predicted molar refractivity (Wildman–Crippen MR) is 99.9 cm³/mol. The van der Waals surface area contributed by atoms with Gasteiger partial charge in [-0.2, -0.15) is 0 Å². The van der Waals surface area contributed by atoms with Crippen LogP contribution in [0.5, 0.6) is 0 Å². The van der Waals surface area contributed by atoms with E-state index in [-0.39, 0.29) is 16.9 Å². The SMILES string of the molecule is Cc1ccc(NC(=O)C23C[C@H]4C[C@@H](C2)CC(n2cnc(Cl)n2)(C4)C3)cc1.